The van der Waals surface area contributed by atoms with Gasteiger partial charge in [-0.3, -0.25) is 4.99 Å². The van der Waals surface area contributed by atoms with Gasteiger partial charge in [-0.15, -0.1) is 0 Å². The number of ether oxygens (including phenoxy) is 1. The van der Waals surface area contributed by atoms with Gasteiger partial charge in [-0.05, 0) is 84.8 Å². The largest absolute Gasteiger partial charge is 0.457 e. The summed E-state index contributed by atoms with van der Waals surface area (Å²) in [6.45, 7) is 2.68. The van der Waals surface area contributed by atoms with Crippen molar-refractivity contribution in [2.45, 2.75) is 13.5 Å². The molecule has 1 aromatic heterocycles. The fourth-order valence-electron chi connectivity index (χ4n) is 3.76. The lowest BCUT2D eigenvalue weighted by Gasteiger charge is -2.06. The van der Waals surface area contributed by atoms with E-state index in [1.54, 1.807) is 12.1 Å². The van der Waals surface area contributed by atoms with Crippen molar-refractivity contribution >= 4 is 22.8 Å². The minimum absolute atomic E-state index is 0.211. The van der Waals surface area contributed by atoms with Gasteiger partial charge in [0.2, 0.25) is 0 Å². The van der Waals surface area contributed by atoms with Gasteiger partial charge in [0.15, 0.2) is 0 Å². The molecule has 0 radical (unpaired) electrons. The SMILES string of the molecule is Cc1ccc(Oc2ccc(N=Cc3ccc4c(ccn4Cc4cccc(F)c4)c3)cc2)cc1. The summed E-state index contributed by atoms with van der Waals surface area (Å²) in [6.07, 6.45) is 3.89. The first kappa shape index (κ1) is 20.7. The van der Waals surface area contributed by atoms with Crippen LogP contribution in [0, 0.1) is 12.7 Å². The highest BCUT2D eigenvalue weighted by molar-refractivity contribution is 5.90. The van der Waals surface area contributed by atoms with Crippen molar-refractivity contribution in [3.63, 3.8) is 0 Å². The predicted octanol–water partition coefficient (Wildman–Crippen LogP) is 7.68. The molecule has 0 aliphatic carbocycles. The molecule has 4 aromatic carbocycles. The predicted molar refractivity (Wildman–Crippen MR) is 132 cm³/mol. The minimum Gasteiger partial charge on any atom is -0.457 e. The molecule has 0 saturated carbocycles. The molecule has 0 aliphatic heterocycles. The first-order valence-electron chi connectivity index (χ1n) is 10.8. The van der Waals surface area contributed by atoms with Gasteiger partial charge in [-0.2, -0.15) is 0 Å². The van der Waals surface area contributed by atoms with E-state index in [-0.39, 0.29) is 5.82 Å². The number of hydrogen-bond donors (Lipinski definition) is 0. The fraction of sp³-hybridized carbons (Fsp3) is 0.0690. The standard InChI is InChI=1S/C29H23FN2O/c1-21-5-10-27(11-6-21)33-28-12-8-26(9-13-28)31-19-22-7-14-29-24(17-22)15-16-32(29)20-23-3-2-4-25(30)18-23/h2-19H,20H2,1H3. The molecule has 0 amide bonds. The Balaban J connectivity index is 1.27. The summed E-state index contributed by atoms with van der Waals surface area (Å²) in [4.78, 5) is 4.60. The number of hydrogen-bond acceptors (Lipinski definition) is 2. The van der Waals surface area contributed by atoms with E-state index in [1.807, 2.05) is 73.1 Å². The van der Waals surface area contributed by atoms with E-state index in [2.05, 4.69) is 34.7 Å². The van der Waals surface area contributed by atoms with Gasteiger partial charge in [0.1, 0.15) is 17.3 Å². The normalized spacial score (nSPS) is 11.3. The minimum atomic E-state index is -0.211. The molecule has 5 aromatic rings. The maximum atomic E-state index is 13.5. The Bertz CT molecular complexity index is 1420. The van der Waals surface area contributed by atoms with Crippen LogP contribution < -0.4 is 4.74 Å². The third-order valence-electron chi connectivity index (χ3n) is 5.49. The molecule has 3 nitrogen and oxygen atoms in total. The molecule has 33 heavy (non-hydrogen) atoms. The summed E-state index contributed by atoms with van der Waals surface area (Å²) in [5.41, 5.74) is 5.12. The molecule has 1 heterocycles. The van der Waals surface area contributed by atoms with Crippen molar-refractivity contribution in [1.82, 2.24) is 4.57 Å². The summed E-state index contributed by atoms with van der Waals surface area (Å²) in [5.74, 6) is 1.38. The summed E-state index contributed by atoms with van der Waals surface area (Å²) >= 11 is 0. The zero-order valence-electron chi connectivity index (χ0n) is 18.3. The zero-order chi connectivity index (χ0) is 22.6. The fourth-order valence-corrected chi connectivity index (χ4v) is 3.76. The lowest BCUT2D eigenvalue weighted by molar-refractivity contribution is 0.482. The van der Waals surface area contributed by atoms with Crippen LogP contribution in [0.2, 0.25) is 0 Å². The van der Waals surface area contributed by atoms with Gasteiger partial charge in [-0.1, -0.05) is 35.9 Å². The van der Waals surface area contributed by atoms with Gasteiger partial charge >= 0.3 is 0 Å². The number of aromatic nitrogens is 1. The molecule has 162 valence electrons. The number of aliphatic imine (C=N–C) groups is 1. The number of fused-ring (bicyclic) bond motifs is 1. The lowest BCUT2D eigenvalue weighted by Crippen LogP contribution is -1.98. The van der Waals surface area contributed by atoms with Crippen molar-refractivity contribution in [2.75, 3.05) is 0 Å². The summed E-state index contributed by atoms with van der Waals surface area (Å²) in [5, 5.41) is 1.12. The van der Waals surface area contributed by atoms with E-state index in [1.165, 1.54) is 11.6 Å². The van der Waals surface area contributed by atoms with Gasteiger partial charge in [0, 0.05) is 29.9 Å². The number of halogens is 1. The van der Waals surface area contributed by atoms with Gasteiger partial charge < -0.3 is 9.30 Å². The number of nitrogens with zero attached hydrogens (tertiary/aromatic N) is 2. The van der Waals surface area contributed by atoms with Crippen LogP contribution in [0.25, 0.3) is 10.9 Å². The molecule has 0 bridgehead atoms. The number of rotatable bonds is 6. The summed E-state index contributed by atoms with van der Waals surface area (Å²) in [7, 11) is 0. The van der Waals surface area contributed by atoms with Crippen LogP contribution in [0.4, 0.5) is 10.1 Å². The van der Waals surface area contributed by atoms with Gasteiger partial charge in [-0.25, -0.2) is 4.39 Å². The Hall–Kier alpha value is -4.18. The Morgan fingerprint density at radius 2 is 1.61 bits per heavy atom. The number of aryl methyl sites for hydroxylation is 1. The average Bonchev–Trinajstić information content (AvgIpc) is 3.22. The van der Waals surface area contributed by atoms with E-state index < -0.39 is 0 Å². The highest BCUT2D eigenvalue weighted by Gasteiger charge is 2.04. The summed E-state index contributed by atoms with van der Waals surface area (Å²) in [6, 6.07) is 30.7. The topological polar surface area (TPSA) is 26.5 Å². The van der Waals surface area contributed by atoms with E-state index in [0.29, 0.717) is 6.54 Å². The maximum absolute atomic E-state index is 13.5. The Morgan fingerprint density at radius 1 is 0.848 bits per heavy atom. The van der Waals surface area contributed by atoms with Crippen LogP contribution in [0.1, 0.15) is 16.7 Å². The summed E-state index contributed by atoms with van der Waals surface area (Å²) < 4.78 is 21.5. The molecular weight excluding hydrogens is 411 g/mol. The van der Waals surface area contributed by atoms with Crippen LogP contribution in [-0.4, -0.2) is 10.8 Å². The number of benzene rings is 4. The highest BCUT2D eigenvalue weighted by atomic mass is 19.1. The van der Waals surface area contributed by atoms with Crippen LogP contribution >= 0.6 is 0 Å². The lowest BCUT2D eigenvalue weighted by atomic mass is 10.1. The van der Waals surface area contributed by atoms with Crippen molar-refractivity contribution in [3.05, 3.63) is 126 Å². The molecule has 5 rings (SSSR count). The second-order valence-corrected chi connectivity index (χ2v) is 8.06. The van der Waals surface area contributed by atoms with Gasteiger partial charge in [0.05, 0.1) is 5.69 Å². The van der Waals surface area contributed by atoms with E-state index in [4.69, 9.17) is 4.74 Å². The molecule has 0 fully saturated rings. The molecule has 0 spiro atoms. The molecular formula is C29H23FN2O. The second kappa shape index (κ2) is 9.13. The molecule has 0 unspecified atom stereocenters. The van der Waals surface area contributed by atoms with Crippen LogP contribution in [0.15, 0.2) is 108 Å². The van der Waals surface area contributed by atoms with E-state index in [0.717, 1.165) is 39.2 Å². The van der Waals surface area contributed by atoms with Crippen molar-refractivity contribution in [2.24, 2.45) is 4.99 Å². The molecule has 0 N–H and O–H groups in total. The van der Waals surface area contributed by atoms with Crippen molar-refractivity contribution in [1.29, 1.82) is 0 Å². The van der Waals surface area contributed by atoms with Crippen LogP contribution in [-0.2, 0) is 6.54 Å². The molecule has 4 heteroatoms. The van der Waals surface area contributed by atoms with E-state index in [9.17, 15) is 4.39 Å². The zero-order valence-corrected chi connectivity index (χ0v) is 18.3. The molecule has 0 saturated heterocycles. The Kier molecular flexibility index (Phi) is 5.73. The first-order chi connectivity index (χ1) is 16.1. The smallest absolute Gasteiger partial charge is 0.127 e. The van der Waals surface area contributed by atoms with Crippen LogP contribution in [0.3, 0.4) is 0 Å². The third-order valence-corrected chi connectivity index (χ3v) is 5.49. The Labute approximate surface area is 192 Å². The van der Waals surface area contributed by atoms with Crippen LogP contribution in [0.5, 0.6) is 11.5 Å². The molecule has 0 atom stereocenters. The first-order valence-corrected chi connectivity index (χ1v) is 10.8. The quantitative estimate of drug-likeness (QED) is 0.252. The monoisotopic (exact) mass is 434 g/mol. The van der Waals surface area contributed by atoms with Gasteiger partial charge in [0.25, 0.3) is 0 Å². The van der Waals surface area contributed by atoms with E-state index >= 15 is 0 Å². The Morgan fingerprint density at radius 3 is 2.36 bits per heavy atom. The maximum Gasteiger partial charge on any atom is 0.127 e. The van der Waals surface area contributed by atoms with Crippen molar-refractivity contribution < 1.29 is 9.13 Å². The van der Waals surface area contributed by atoms with Crippen molar-refractivity contribution in [3.8, 4) is 11.5 Å². The highest BCUT2D eigenvalue weighted by Crippen LogP contribution is 2.25. The molecule has 0 aliphatic rings. The average molecular weight is 435 g/mol. The third kappa shape index (κ3) is 5.01. The second-order valence-electron chi connectivity index (χ2n) is 8.06.